The van der Waals surface area contributed by atoms with Gasteiger partial charge in [0.25, 0.3) is 0 Å². The molecular weight excluding hydrogens is 356 g/mol. The van der Waals surface area contributed by atoms with Gasteiger partial charge in [-0.1, -0.05) is 11.6 Å². The Hall–Kier alpha value is -2.42. The highest BCUT2D eigenvalue weighted by Gasteiger charge is 2.26. The number of carbonyl (C=O) groups is 1. The number of nitrogens with zero attached hydrogens (tertiary/aromatic N) is 6. The van der Waals surface area contributed by atoms with Crippen molar-refractivity contribution in [2.45, 2.75) is 45.2 Å². The first-order valence-corrected chi connectivity index (χ1v) is 8.90. The summed E-state index contributed by atoms with van der Waals surface area (Å²) in [6, 6.07) is 0.161. The minimum absolute atomic E-state index is 0.0236. The molecule has 10 heteroatoms. The van der Waals surface area contributed by atoms with Crippen LogP contribution in [-0.4, -0.2) is 60.3 Å². The zero-order valence-corrected chi connectivity index (χ0v) is 15.9. The average molecular weight is 379 g/mol. The number of urea groups is 1. The second-order valence-electron chi connectivity index (χ2n) is 7.29. The molecule has 0 atom stereocenters. The lowest BCUT2D eigenvalue weighted by atomic mass is 10.0. The van der Waals surface area contributed by atoms with Crippen LogP contribution in [0.5, 0.6) is 0 Å². The number of halogens is 1. The van der Waals surface area contributed by atoms with Crippen LogP contribution in [0.4, 0.5) is 10.6 Å². The fraction of sp³-hybridized carbons (Fsp3) is 0.562. The number of piperidine rings is 1. The molecule has 3 rings (SSSR count). The Bertz CT molecular complexity index is 750. The van der Waals surface area contributed by atoms with E-state index in [0.717, 1.165) is 12.8 Å². The largest absolute Gasteiger partial charge is 0.366 e. The predicted octanol–water partition coefficient (Wildman–Crippen LogP) is 2.10. The van der Waals surface area contributed by atoms with Crippen LogP contribution in [0.15, 0.2) is 19.0 Å². The number of aromatic nitrogens is 5. The quantitative estimate of drug-likeness (QED) is 0.848. The van der Waals surface area contributed by atoms with E-state index in [2.05, 4.69) is 30.7 Å². The fourth-order valence-electron chi connectivity index (χ4n) is 2.76. The molecule has 1 fully saturated rings. The maximum atomic E-state index is 12.2. The summed E-state index contributed by atoms with van der Waals surface area (Å²) in [7, 11) is 0. The van der Waals surface area contributed by atoms with Gasteiger partial charge in [0.05, 0.1) is 0 Å². The van der Waals surface area contributed by atoms with Crippen molar-refractivity contribution in [3.63, 3.8) is 0 Å². The minimum Gasteiger partial charge on any atom is -0.366 e. The van der Waals surface area contributed by atoms with Crippen molar-refractivity contribution in [2.24, 2.45) is 0 Å². The molecule has 0 spiro atoms. The molecule has 0 radical (unpaired) electrons. The van der Waals surface area contributed by atoms with Crippen LogP contribution >= 0.6 is 11.6 Å². The first-order valence-electron chi connectivity index (χ1n) is 8.52. The Balaban J connectivity index is 1.60. The highest BCUT2D eigenvalue weighted by Crippen LogP contribution is 2.26. The highest BCUT2D eigenvalue weighted by molar-refractivity contribution is 6.34. The molecule has 1 aliphatic rings. The van der Waals surface area contributed by atoms with E-state index in [-0.39, 0.29) is 17.6 Å². The molecule has 0 bridgehead atoms. The third-order valence-electron chi connectivity index (χ3n) is 4.01. The van der Waals surface area contributed by atoms with Gasteiger partial charge < -0.3 is 15.5 Å². The van der Waals surface area contributed by atoms with E-state index in [9.17, 15) is 4.79 Å². The zero-order valence-electron chi connectivity index (χ0n) is 15.1. The number of likely N-dealkylation sites (tertiary alicyclic amines) is 1. The topological polar surface area (TPSA) is 101 Å². The van der Waals surface area contributed by atoms with Gasteiger partial charge in [-0.25, -0.2) is 24.4 Å². The Morgan fingerprint density at radius 3 is 2.58 bits per heavy atom. The molecule has 2 aromatic heterocycles. The van der Waals surface area contributed by atoms with Crippen LogP contribution < -0.4 is 10.6 Å². The lowest BCUT2D eigenvalue weighted by Gasteiger charge is -2.34. The van der Waals surface area contributed by atoms with Gasteiger partial charge in [-0.3, -0.25) is 0 Å². The summed E-state index contributed by atoms with van der Waals surface area (Å²) in [5.74, 6) is 1.04. The van der Waals surface area contributed by atoms with Crippen molar-refractivity contribution >= 4 is 23.4 Å². The summed E-state index contributed by atoms with van der Waals surface area (Å²) in [5, 5.41) is 10.8. The van der Waals surface area contributed by atoms with Crippen molar-refractivity contribution in [3.05, 3.63) is 24.0 Å². The first kappa shape index (κ1) is 18.4. The molecule has 3 heterocycles. The molecule has 2 amide bonds. The third-order valence-corrected chi connectivity index (χ3v) is 4.36. The van der Waals surface area contributed by atoms with Gasteiger partial charge in [0.2, 0.25) is 0 Å². The molecule has 0 aromatic carbocycles. The van der Waals surface area contributed by atoms with Crippen LogP contribution in [0.2, 0.25) is 5.02 Å². The Kier molecular flexibility index (Phi) is 5.26. The van der Waals surface area contributed by atoms with Gasteiger partial charge in [-0.05, 0) is 33.6 Å². The maximum Gasteiger partial charge on any atom is 0.317 e. The summed E-state index contributed by atoms with van der Waals surface area (Å²) in [6.07, 6.45) is 6.03. The van der Waals surface area contributed by atoms with Gasteiger partial charge in [-0.2, -0.15) is 5.10 Å². The van der Waals surface area contributed by atoms with Crippen molar-refractivity contribution < 1.29 is 4.79 Å². The molecule has 0 aliphatic carbocycles. The first-order chi connectivity index (χ1) is 12.3. The van der Waals surface area contributed by atoms with E-state index in [4.69, 9.17) is 11.6 Å². The molecule has 9 nitrogen and oxygen atoms in total. The Morgan fingerprint density at radius 1 is 1.23 bits per heavy atom. The van der Waals surface area contributed by atoms with E-state index < -0.39 is 0 Å². The van der Waals surface area contributed by atoms with E-state index in [1.807, 2.05) is 25.7 Å². The second kappa shape index (κ2) is 7.45. The fourth-order valence-corrected chi connectivity index (χ4v) is 3.00. The van der Waals surface area contributed by atoms with Gasteiger partial charge in [0.1, 0.15) is 24.0 Å². The predicted molar refractivity (Wildman–Crippen MR) is 98.5 cm³/mol. The molecule has 26 heavy (non-hydrogen) atoms. The summed E-state index contributed by atoms with van der Waals surface area (Å²) in [6.45, 7) is 7.28. The molecular formula is C16H23ClN8O. The number of nitrogens with one attached hydrogen (secondary N) is 2. The second-order valence-corrected chi connectivity index (χ2v) is 7.66. The summed E-state index contributed by atoms with van der Waals surface area (Å²) in [5.41, 5.74) is -0.238. The lowest BCUT2D eigenvalue weighted by Crippen LogP contribution is -2.51. The van der Waals surface area contributed by atoms with Crippen molar-refractivity contribution in [1.82, 2.24) is 34.9 Å². The summed E-state index contributed by atoms with van der Waals surface area (Å²) >= 11 is 6.42. The van der Waals surface area contributed by atoms with Crippen LogP contribution in [-0.2, 0) is 0 Å². The van der Waals surface area contributed by atoms with Gasteiger partial charge >= 0.3 is 6.03 Å². The molecule has 140 valence electrons. The van der Waals surface area contributed by atoms with Gasteiger partial charge in [-0.15, -0.1) is 0 Å². The van der Waals surface area contributed by atoms with Crippen LogP contribution in [0.25, 0.3) is 5.82 Å². The highest BCUT2D eigenvalue weighted by atomic mass is 35.5. The van der Waals surface area contributed by atoms with Crippen molar-refractivity contribution in [2.75, 3.05) is 18.4 Å². The summed E-state index contributed by atoms with van der Waals surface area (Å²) < 4.78 is 1.49. The average Bonchev–Trinajstić information content (AvgIpc) is 3.10. The number of hydrogen-bond acceptors (Lipinski definition) is 6. The molecule has 0 saturated carbocycles. The Morgan fingerprint density at radius 2 is 1.96 bits per heavy atom. The van der Waals surface area contributed by atoms with Crippen LogP contribution in [0, 0.1) is 0 Å². The number of hydrogen-bond donors (Lipinski definition) is 2. The van der Waals surface area contributed by atoms with E-state index in [1.165, 1.54) is 23.7 Å². The summed E-state index contributed by atoms with van der Waals surface area (Å²) in [4.78, 5) is 26.4. The van der Waals surface area contributed by atoms with Crippen LogP contribution in [0.3, 0.4) is 0 Å². The lowest BCUT2D eigenvalue weighted by molar-refractivity contribution is 0.175. The van der Waals surface area contributed by atoms with Crippen molar-refractivity contribution in [1.29, 1.82) is 0 Å². The SMILES string of the molecule is CC(C)(C)NC(=O)N1CCC(Nc2ncnc(-n3cncn3)c2Cl)CC1. The third kappa shape index (κ3) is 4.40. The molecule has 2 aromatic rings. The van der Waals surface area contributed by atoms with Gasteiger partial charge in [0, 0.05) is 24.7 Å². The standard InChI is InChI=1S/C16H23ClN8O/c1-16(2,3)23-15(26)24-6-4-11(5-7-24)22-13-12(17)14(20-9-19-13)25-10-18-8-21-25/h8-11H,4-7H2,1-3H3,(H,23,26)(H,19,20,22). The van der Waals surface area contributed by atoms with E-state index in [0.29, 0.717) is 29.7 Å². The maximum absolute atomic E-state index is 12.2. The van der Waals surface area contributed by atoms with E-state index >= 15 is 0 Å². The molecule has 0 unspecified atom stereocenters. The van der Waals surface area contributed by atoms with E-state index in [1.54, 1.807) is 0 Å². The minimum atomic E-state index is -0.238. The number of rotatable bonds is 3. The smallest absolute Gasteiger partial charge is 0.317 e. The van der Waals surface area contributed by atoms with Crippen molar-refractivity contribution in [3.8, 4) is 5.82 Å². The zero-order chi connectivity index (χ0) is 18.7. The van der Waals surface area contributed by atoms with Crippen LogP contribution in [0.1, 0.15) is 33.6 Å². The van der Waals surface area contributed by atoms with Gasteiger partial charge in [0.15, 0.2) is 11.6 Å². The number of amides is 2. The molecule has 2 N–H and O–H groups in total. The molecule has 1 aliphatic heterocycles. The monoisotopic (exact) mass is 378 g/mol. The Labute approximate surface area is 157 Å². The number of anilines is 1. The molecule has 1 saturated heterocycles. The number of carbonyl (C=O) groups excluding carboxylic acids is 1. The normalized spacial score (nSPS) is 15.8.